The van der Waals surface area contributed by atoms with Crippen LogP contribution in [-0.4, -0.2) is 16.0 Å². The molecule has 0 aliphatic rings. The highest BCUT2D eigenvalue weighted by Gasteiger charge is 2.30. The second kappa shape index (κ2) is 9.11. The Morgan fingerprint density at radius 3 is 2.37 bits per heavy atom. The molecule has 158 valence electrons. The van der Waals surface area contributed by atoms with E-state index in [1.807, 2.05) is 32.0 Å². The van der Waals surface area contributed by atoms with E-state index >= 15 is 0 Å². The predicted molar refractivity (Wildman–Crippen MR) is 107 cm³/mol. The normalized spacial score (nSPS) is 11.5. The zero-order valence-corrected chi connectivity index (χ0v) is 16.7. The van der Waals surface area contributed by atoms with E-state index in [1.165, 1.54) is 12.1 Å². The van der Waals surface area contributed by atoms with Gasteiger partial charge >= 0.3 is 6.18 Å². The number of halogens is 3. The van der Waals surface area contributed by atoms with Crippen molar-refractivity contribution < 1.29 is 22.5 Å². The van der Waals surface area contributed by atoms with Crippen molar-refractivity contribution in [1.82, 2.24) is 10.1 Å². The Hall–Kier alpha value is -3.16. The van der Waals surface area contributed by atoms with Crippen molar-refractivity contribution in [2.45, 2.75) is 45.7 Å². The first-order valence-electron chi connectivity index (χ1n) is 9.72. The maximum atomic E-state index is 12.9. The van der Waals surface area contributed by atoms with Crippen LogP contribution in [0.3, 0.4) is 0 Å². The number of aryl methyl sites for hydroxylation is 3. The van der Waals surface area contributed by atoms with E-state index in [1.54, 1.807) is 0 Å². The fraction of sp³-hybridized carbons (Fsp3) is 0.318. The lowest BCUT2D eigenvalue weighted by Gasteiger charge is -2.14. The summed E-state index contributed by atoms with van der Waals surface area (Å²) < 4.78 is 43.7. The van der Waals surface area contributed by atoms with Crippen molar-refractivity contribution in [3.05, 3.63) is 65.0 Å². The molecule has 0 radical (unpaired) electrons. The Bertz CT molecular complexity index is 1010. The predicted octanol–water partition coefficient (Wildman–Crippen LogP) is 5.45. The third kappa shape index (κ3) is 5.06. The maximum absolute atomic E-state index is 12.9. The second-order valence-corrected chi connectivity index (χ2v) is 6.80. The first-order valence-corrected chi connectivity index (χ1v) is 9.72. The molecule has 0 atom stereocenters. The molecular weight excluding hydrogens is 395 g/mol. The van der Waals surface area contributed by atoms with Crippen molar-refractivity contribution in [3.63, 3.8) is 0 Å². The third-order valence-corrected chi connectivity index (χ3v) is 4.75. The SMILES string of the molecule is CCc1cccc(CC)c1NC(=O)CCc1nc(-c2cccc(C(F)(F)F)c2)no1. The fourth-order valence-corrected chi connectivity index (χ4v) is 3.13. The number of nitrogens with one attached hydrogen (secondary N) is 1. The summed E-state index contributed by atoms with van der Waals surface area (Å²) in [5, 5.41) is 6.70. The zero-order chi connectivity index (χ0) is 21.7. The standard InChI is InChI=1S/C22H22F3N3O2/c1-3-14-7-5-8-15(4-2)20(14)26-18(29)11-12-19-27-21(28-30-19)16-9-6-10-17(13-16)22(23,24)25/h5-10,13H,3-4,11-12H2,1-2H3,(H,26,29). The summed E-state index contributed by atoms with van der Waals surface area (Å²) in [5.74, 6) is 0.0579. The number of anilines is 1. The van der Waals surface area contributed by atoms with Gasteiger partial charge < -0.3 is 9.84 Å². The van der Waals surface area contributed by atoms with Gasteiger partial charge in [0.15, 0.2) is 0 Å². The number of hydrogen-bond donors (Lipinski definition) is 1. The highest BCUT2D eigenvalue weighted by molar-refractivity contribution is 5.92. The van der Waals surface area contributed by atoms with Gasteiger partial charge in [-0.25, -0.2) is 0 Å². The average Bonchev–Trinajstić information content (AvgIpc) is 3.21. The van der Waals surface area contributed by atoms with Crippen LogP contribution in [0, 0.1) is 0 Å². The van der Waals surface area contributed by atoms with Crippen molar-refractivity contribution >= 4 is 11.6 Å². The monoisotopic (exact) mass is 417 g/mol. The van der Waals surface area contributed by atoms with E-state index in [0.29, 0.717) is 0 Å². The van der Waals surface area contributed by atoms with E-state index in [-0.39, 0.29) is 36.0 Å². The van der Waals surface area contributed by atoms with Crippen molar-refractivity contribution in [2.75, 3.05) is 5.32 Å². The first-order chi connectivity index (χ1) is 14.3. The van der Waals surface area contributed by atoms with E-state index < -0.39 is 11.7 Å². The minimum Gasteiger partial charge on any atom is -0.339 e. The van der Waals surface area contributed by atoms with Gasteiger partial charge in [0.25, 0.3) is 0 Å². The molecule has 3 aromatic rings. The molecule has 0 aliphatic carbocycles. The molecule has 3 rings (SSSR count). The lowest BCUT2D eigenvalue weighted by Crippen LogP contribution is -2.15. The molecule has 1 heterocycles. The van der Waals surface area contributed by atoms with Crippen LogP contribution in [-0.2, 0) is 30.2 Å². The number of nitrogens with zero attached hydrogens (tertiary/aromatic N) is 2. The number of hydrogen-bond acceptors (Lipinski definition) is 4. The Kier molecular flexibility index (Phi) is 6.54. The topological polar surface area (TPSA) is 68.0 Å². The summed E-state index contributed by atoms with van der Waals surface area (Å²) in [4.78, 5) is 16.6. The molecule has 0 unspecified atom stereocenters. The molecule has 0 aliphatic heterocycles. The number of carbonyl (C=O) groups excluding carboxylic acids is 1. The number of amides is 1. The highest BCUT2D eigenvalue weighted by atomic mass is 19.4. The molecule has 5 nitrogen and oxygen atoms in total. The maximum Gasteiger partial charge on any atom is 0.416 e. The quantitative estimate of drug-likeness (QED) is 0.555. The van der Waals surface area contributed by atoms with Gasteiger partial charge in [0, 0.05) is 24.1 Å². The molecule has 8 heteroatoms. The number of aromatic nitrogens is 2. The average molecular weight is 417 g/mol. The molecule has 0 saturated carbocycles. The van der Waals surface area contributed by atoms with Gasteiger partial charge in [-0.15, -0.1) is 0 Å². The van der Waals surface area contributed by atoms with Crippen LogP contribution in [0.2, 0.25) is 0 Å². The lowest BCUT2D eigenvalue weighted by molar-refractivity contribution is -0.137. The molecule has 0 fully saturated rings. The molecule has 2 aromatic carbocycles. The van der Waals surface area contributed by atoms with E-state index in [4.69, 9.17) is 4.52 Å². The summed E-state index contributed by atoms with van der Waals surface area (Å²) in [6, 6.07) is 10.6. The Morgan fingerprint density at radius 1 is 1.07 bits per heavy atom. The van der Waals surface area contributed by atoms with Crippen molar-refractivity contribution in [1.29, 1.82) is 0 Å². The Morgan fingerprint density at radius 2 is 1.73 bits per heavy atom. The van der Waals surface area contributed by atoms with Gasteiger partial charge in [0.1, 0.15) is 0 Å². The van der Waals surface area contributed by atoms with Gasteiger partial charge in [-0.3, -0.25) is 4.79 Å². The number of rotatable bonds is 7. The summed E-state index contributed by atoms with van der Waals surface area (Å²) in [6.45, 7) is 4.05. The van der Waals surface area contributed by atoms with Crippen LogP contribution >= 0.6 is 0 Å². The highest BCUT2D eigenvalue weighted by Crippen LogP contribution is 2.31. The van der Waals surface area contributed by atoms with Crippen LogP contribution in [0.1, 0.15) is 42.8 Å². The van der Waals surface area contributed by atoms with Gasteiger partial charge in [-0.1, -0.05) is 49.3 Å². The fourth-order valence-electron chi connectivity index (χ4n) is 3.13. The second-order valence-electron chi connectivity index (χ2n) is 6.80. The summed E-state index contributed by atoms with van der Waals surface area (Å²) in [6.07, 6.45) is -2.55. The molecule has 0 spiro atoms. The molecule has 0 bridgehead atoms. The Balaban J connectivity index is 1.66. The summed E-state index contributed by atoms with van der Waals surface area (Å²) in [7, 11) is 0. The lowest BCUT2D eigenvalue weighted by atomic mass is 10.0. The van der Waals surface area contributed by atoms with Crippen LogP contribution in [0.4, 0.5) is 18.9 Å². The van der Waals surface area contributed by atoms with Gasteiger partial charge in [0.2, 0.25) is 17.6 Å². The number of alkyl halides is 3. The van der Waals surface area contributed by atoms with Crippen LogP contribution < -0.4 is 5.32 Å². The molecular formula is C22H22F3N3O2. The molecule has 1 amide bonds. The molecule has 1 aromatic heterocycles. The van der Waals surface area contributed by atoms with Gasteiger partial charge in [-0.2, -0.15) is 18.2 Å². The largest absolute Gasteiger partial charge is 0.416 e. The van der Waals surface area contributed by atoms with Crippen LogP contribution in [0.25, 0.3) is 11.4 Å². The zero-order valence-electron chi connectivity index (χ0n) is 16.7. The minimum atomic E-state index is -4.45. The number of carbonyl (C=O) groups is 1. The third-order valence-electron chi connectivity index (χ3n) is 4.75. The first kappa shape index (κ1) is 21.5. The molecule has 0 saturated heterocycles. The van der Waals surface area contributed by atoms with E-state index in [2.05, 4.69) is 15.5 Å². The minimum absolute atomic E-state index is 0.0566. The Labute approximate surface area is 172 Å². The number of para-hydroxylation sites is 1. The molecule has 30 heavy (non-hydrogen) atoms. The summed E-state index contributed by atoms with van der Waals surface area (Å²) in [5.41, 5.74) is 2.38. The van der Waals surface area contributed by atoms with Gasteiger partial charge in [0.05, 0.1) is 5.56 Å². The van der Waals surface area contributed by atoms with Crippen molar-refractivity contribution in [2.24, 2.45) is 0 Å². The van der Waals surface area contributed by atoms with Crippen molar-refractivity contribution in [3.8, 4) is 11.4 Å². The smallest absolute Gasteiger partial charge is 0.339 e. The summed E-state index contributed by atoms with van der Waals surface area (Å²) >= 11 is 0. The van der Waals surface area contributed by atoms with E-state index in [0.717, 1.165) is 41.8 Å². The van der Waals surface area contributed by atoms with Crippen LogP contribution in [0.15, 0.2) is 47.0 Å². The van der Waals surface area contributed by atoms with Gasteiger partial charge in [-0.05, 0) is 36.1 Å². The number of benzene rings is 2. The van der Waals surface area contributed by atoms with Crippen LogP contribution in [0.5, 0.6) is 0 Å². The molecule has 1 N–H and O–H groups in total. The van der Waals surface area contributed by atoms with E-state index in [9.17, 15) is 18.0 Å².